The lowest BCUT2D eigenvalue weighted by Gasteiger charge is -2.17. The fraction of sp³-hybridized carbons (Fsp3) is 0.176. The third kappa shape index (κ3) is 2.63. The van der Waals surface area contributed by atoms with Crippen molar-refractivity contribution in [2.45, 2.75) is 6.42 Å². The Labute approximate surface area is 114 Å². The molecule has 2 nitrogen and oxygen atoms in total. The fourth-order valence-electron chi connectivity index (χ4n) is 2.28. The zero-order valence-corrected chi connectivity index (χ0v) is 11.4. The van der Waals surface area contributed by atoms with Crippen LogP contribution in [0.15, 0.2) is 70.7 Å². The first-order valence-corrected chi connectivity index (χ1v) is 6.33. The van der Waals surface area contributed by atoms with Gasteiger partial charge in [-0.3, -0.25) is 9.98 Å². The van der Waals surface area contributed by atoms with E-state index >= 15 is 0 Å². The van der Waals surface area contributed by atoms with Crippen LogP contribution in [0.1, 0.15) is 12.0 Å². The molecule has 1 aliphatic rings. The number of aliphatic imine (C=N–C) groups is 2. The number of rotatable bonds is 2. The zero-order chi connectivity index (χ0) is 13.7. The molecule has 0 bridgehead atoms. The molecule has 1 aromatic rings. The molecule has 96 valence electrons. The van der Waals surface area contributed by atoms with Crippen molar-refractivity contribution in [1.29, 1.82) is 0 Å². The van der Waals surface area contributed by atoms with E-state index in [9.17, 15) is 0 Å². The molecular formula is C17H18N2. The molecule has 0 spiro atoms. The van der Waals surface area contributed by atoms with Crippen LogP contribution in [0.3, 0.4) is 0 Å². The molecule has 0 fully saturated rings. The Hall–Kier alpha value is -2.22. The maximum absolute atomic E-state index is 4.40. The van der Waals surface area contributed by atoms with Crippen LogP contribution >= 0.6 is 0 Å². The molecule has 0 amide bonds. The first-order valence-electron chi connectivity index (χ1n) is 6.33. The van der Waals surface area contributed by atoms with E-state index in [0.717, 1.165) is 34.6 Å². The summed E-state index contributed by atoms with van der Waals surface area (Å²) in [6.45, 7) is 3.95. The van der Waals surface area contributed by atoms with Crippen molar-refractivity contribution in [3.05, 3.63) is 66.3 Å². The minimum atomic E-state index is 0.839. The average Bonchev–Trinajstić information content (AvgIpc) is 2.48. The van der Waals surface area contributed by atoms with Crippen LogP contribution in [0.5, 0.6) is 0 Å². The van der Waals surface area contributed by atoms with Gasteiger partial charge >= 0.3 is 0 Å². The number of hydrogen-bond acceptors (Lipinski definition) is 2. The van der Waals surface area contributed by atoms with E-state index in [1.54, 1.807) is 0 Å². The van der Waals surface area contributed by atoms with Crippen molar-refractivity contribution < 1.29 is 0 Å². The van der Waals surface area contributed by atoms with Gasteiger partial charge in [0.05, 0.1) is 11.4 Å². The summed E-state index contributed by atoms with van der Waals surface area (Å²) < 4.78 is 0. The van der Waals surface area contributed by atoms with Crippen molar-refractivity contribution in [3.63, 3.8) is 0 Å². The SMILES string of the molecule is C=C/C(=C1/C=CCC(=N\C)/C1=N/C)c1ccccc1. The summed E-state index contributed by atoms with van der Waals surface area (Å²) in [5, 5.41) is 0. The van der Waals surface area contributed by atoms with Crippen molar-refractivity contribution >= 4 is 17.0 Å². The first kappa shape index (κ1) is 13.2. The topological polar surface area (TPSA) is 24.7 Å². The zero-order valence-electron chi connectivity index (χ0n) is 11.4. The van der Waals surface area contributed by atoms with E-state index < -0.39 is 0 Å². The van der Waals surface area contributed by atoms with Crippen LogP contribution in [0.25, 0.3) is 5.57 Å². The third-order valence-corrected chi connectivity index (χ3v) is 3.20. The van der Waals surface area contributed by atoms with Gasteiger partial charge in [-0.05, 0) is 11.1 Å². The second-order valence-corrected chi connectivity index (χ2v) is 4.25. The van der Waals surface area contributed by atoms with E-state index in [1.807, 2.05) is 38.4 Å². The Morgan fingerprint density at radius 1 is 1.16 bits per heavy atom. The maximum atomic E-state index is 4.40. The summed E-state index contributed by atoms with van der Waals surface area (Å²) >= 11 is 0. The summed E-state index contributed by atoms with van der Waals surface area (Å²) in [5.41, 5.74) is 5.32. The summed E-state index contributed by atoms with van der Waals surface area (Å²) in [4.78, 5) is 8.73. The molecule has 0 radical (unpaired) electrons. The molecule has 0 saturated carbocycles. The minimum Gasteiger partial charge on any atom is -0.291 e. The Morgan fingerprint density at radius 3 is 2.47 bits per heavy atom. The van der Waals surface area contributed by atoms with Crippen molar-refractivity contribution in [1.82, 2.24) is 0 Å². The highest BCUT2D eigenvalue weighted by Crippen LogP contribution is 2.25. The second kappa shape index (κ2) is 6.10. The Kier molecular flexibility index (Phi) is 4.24. The molecule has 19 heavy (non-hydrogen) atoms. The average molecular weight is 250 g/mol. The second-order valence-electron chi connectivity index (χ2n) is 4.25. The molecule has 1 aromatic carbocycles. The fourth-order valence-corrected chi connectivity index (χ4v) is 2.28. The van der Waals surface area contributed by atoms with Gasteiger partial charge in [0.25, 0.3) is 0 Å². The molecule has 0 heterocycles. The van der Waals surface area contributed by atoms with Crippen LogP contribution in [0, 0.1) is 0 Å². The van der Waals surface area contributed by atoms with Crippen molar-refractivity contribution in [2.24, 2.45) is 9.98 Å². The molecule has 0 N–H and O–H groups in total. The van der Waals surface area contributed by atoms with E-state index in [1.165, 1.54) is 0 Å². The molecule has 0 aliphatic heterocycles. The maximum Gasteiger partial charge on any atom is 0.0862 e. The van der Waals surface area contributed by atoms with Gasteiger partial charge in [0.1, 0.15) is 0 Å². The number of nitrogens with zero attached hydrogens (tertiary/aromatic N) is 2. The smallest absolute Gasteiger partial charge is 0.0862 e. The highest BCUT2D eigenvalue weighted by atomic mass is 14.8. The molecule has 0 aromatic heterocycles. The van der Waals surface area contributed by atoms with Crippen LogP contribution < -0.4 is 0 Å². The lowest BCUT2D eigenvalue weighted by Crippen LogP contribution is -2.19. The summed E-state index contributed by atoms with van der Waals surface area (Å²) in [6, 6.07) is 10.2. The molecule has 2 heteroatoms. The Balaban J connectivity index is 2.64. The van der Waals surface area contributed by atoms with Gasteiger partial charge in [0.2, 0.25) is 0 Å². The first-order chi connectivity index (χ1) is 9.31. The molecule has 0 saturated heterocycles. The van der Waals surface area contributed by atoms with Gasteiger partial charge in [-0.25, -0.2) is 0 Å². The standard InChI is InChI=1S/C17H18N2/c1-4-14(13-9-6-5-7-10-13)15-11-8-12-16(18-2)17(15)19-3/h4-11H,1,12H2,2-3H3/b15-14+,18-16+,19-17+. The third-order valence-electron chi connectivity index (χ3n) is 3.20. The molecule has 2 rings (SSSR count). The van der Waals surface area contributed by atoms with Crippen LogP contribution in [-0.4, -0.2) is 25.5 Å². The van der Waals surface area contributed by atoms with Crippen LogP contribution in [0.2, 0.25) is 0 Å². The Bertz CT molecular complexity index is 587. The van der Waals surface area contributed by atoms with E-state index in [-0.39, 0.29) is 0 Å². The molecule has 0 unspecified atom stereocenters. The largest absolute Gasteiger partial charge is 0.291 e. The number of hydrogen-bond donors (Lipinski definition) is 0. The lowest BCUT2D eigenvalue weighted by molar-refractivity contribution is 1.33. The highest BCUT2D eigenvalue weighted by molar-refractivity contribution is 6.51. The molecule has 1 aliphatic carbocycles. The van der Waals surface area contributed by atoms with E-state index in [0.29, 0.717) is 0 Å². The normalized spacial score (nSPS) is 21.8. The van der Waals surface area contributed by atoms with Gasteiger partial charge in [-0.2, -0.15) is 0 Å². The lowest BCUT2D eigenvalue weighted by atomic mass is 9.90. The predicted molar refractivity (Wildman–Crippen MR) is 84.0 cm³/mol. The monoisotopic (exact) mass is 250 g/mol. The highest BCUT2D eigenvalue weighted by Gasteiger charge is 2.18. The predicted octanol–water partition coefficient (Wildman–Crippen LogP) is 3.73. The number of allylic oxidation sites excluding steroid dienone is 5. The number of benzene rings is 1. The summed E-state index contributed by atoms with van der Waals surface area (Å²) in [7, 11) is 3.62. The quantitative estimate of drug-likeness (QED) is 0.764. The van der Waals surface area contributed by atoms with Gasteiger partial charge in [-0.1, -0.05) is 55.1 Å². The van der Waals surface area contributed by atoms with Gasteiger partial charge in [0, 0.05) is 26.1 Å². The summed E-state index contributed by atoms with van der Waals surface area (Å²) in [5.74, 6) is 0. The van der Waals surface area contributed by atoms with E-state index in [2.05, 4.69) is 40.8 Å². The van der Waals surface area contributed by atoms with Crippen molar-refractivity contribution in [3.8, 4) is 0 Å². The van der Waals surface area contributed by atoms with Crippen LogP contribution in [-0.2, 0) is 0 Å². The molecular weight excluding hydrogens is 232 g/mol. The Morgan fingerprint density at radius 2 is 1.89 bits per heavy atom. The molecule has 0 atom stereocenters. The van der Waals surface area contributed by atoms with Gasteiger partial charge in [-0.15, -0.1) is 0 Å². The van der Waals surface area contributed by atoms with E-state index in [4.69, 9.17) is 0 Å². The van der Waals surface area contributed by atoms with Gasteiger partial charge in [0.15, 0.2) is 0 Å². The summed E-state index contributed by atoms with van der Waals surface area (Å²) in [6.07, 6.45) is 6.96. The van der Waals surface area contributed by atoms with Crippen molar-refractivity contribution in [2.75, 3.05) is 14.1 Å². The minimum absolute atomic E-state index is 0.839. The van der Waals surface area contributed by atoms with Gasteiger partial charge < -0.3 is 0 Å². The van der Waals surface area contributed by atoms with Crippen LogP contribution in [0.4, 0.5) is 0 Å².